The summed E-state index contributed by atoms with van der Waals surface area (Å²) in [5.74, 6) is -2.52. The highest BCUT2D eigenvalue weighted by atomic mass is 35.5. The Morgan fingerprint density at radius 3 is 2.33 bits per heavy atom. The highest BCUT2D eigenvalue weighted by molar-refractivity contribution is 6.30. The van der Waals surface area contributed by atoms with Gasteiger partial charge in [-0.25, -0.2) is 9.18 Å². The van der Waals surface area contributed by atoms with Gasteiger partial charge < -0.3 is 9.94 Å². The molecule has 0 radical (unpaired) electrons. The molecule has 2 aromatic rings. The number of halogens is 2. The topological polar surface area (TPSA) is 66.8 Å². The molecule has 0 aliphatic rings. The van der Waals surface area contributed by atoms with Gasteiger partial charge in [-0.05, 0) is 38.1 Å². The first-order valence-corrected chi connectivity index (χ1v) is 7.37. The molecule has 5 nitrogen and oxygen atoms in total. The molecule has 0 saturated carbocycles. The minimum Gasteiger partial charge on any atom is -0.479 e. The molecule has 0 unspecified atom stereocenters. The van der Waals surface area contributed by atoms with Crippen LogP contribution in [0.2, 0.25) is 5.02 Å². The number of rotatable bonds is 5. The number of carboxylic acids is 1. The van der Waals surface area contributed by atoms with E-state index in [1.807, 2.05) is 0 Å². The maximum Gasteiger partial charge on any atom is 0.332 e. The van der Waals surface area contributed by atoms with E-state index in [4.69, 9.17) is 16.4 Å². The molecular formula is C17H15ClFNO4. The van der Waals surface area contributed by atoms with Crippen molar-refractivity contribution in [3.8, 4) is 5.75 Å². The summed E-state index contributed by atoms with van der Waals surface area (Å²) in [5, 5.41) is 9.95. The third-order valence-corrected chi connectivity index (χ3v) is 3.61. The van der Waals surface area contributed by atoms with Crippen molar-refractivity contribution in [1.82, 2.24) is 5.06 Å². The van der Waals surface area contributed by atoms with Crippen LogP contribution >= 0.6 is 11.6 Å². The zero-order valence-corrected chi connectivity index (χ0v) is 13.7. The van der Waals surface area contributed by atoms with E-state index in [-0.39, 0.29) is 16.3 Å². The van der Waals surface area contributed by atoms with Crippen molar-refractivity contribution in [2.45, 2.75) is 19.4 Å². The normalized spacial score (nSPS) is 11.0. The quantitative estimate of drug-likeness (QED) is 0.832. The Morgan fingerprint density at radius 1 is 1.17 bits per heavy atom. The second-order valence-electron chi connectivity index (χ2n) is 5.50. The summed E-state index contributed by atoms with van der Waals surface area (Å²) in [6.07, 6.45) is 0. The summed E-state index contributed by atoms with van der Waals surface area (Å²) in [6, 6.07) is 11.6. The van der Waals surface area contributed by atoms with Gasteiger partial charge in [0.25, 0.3) is 5.91 Å². The molecular weight excluding hydrogens is 337 g/mol. The number of hydroxylamine groups is 2. The molecule has 0 bridgehead atoms. The first-order chi connectivity index (χ1) is 11.2. The Labute approximate surface area is 143 Å². The number of hydrogen-bond donors (Lipinski definition) is 1. The molecule has 0 fully saturated rings. The highest BCUT2D eigenvalue weighted by Crippen LogP contribution is 2.26. The van der Waals surface area contributed by atoms with E-state index in [2.05, 4.69) is 0 Å². The molecule has 2 rings (SSSR count). The lowest BCUT2D eigenvalue weighted by molar-refractivity contribution is -0.165. The van der Waals surface area contributed by atoms with Gasteiger partial charge in [0.05, 0.1) is 5.02 Å². The Balaban J connectivity index is 2.41. The Morgan fingerprint density at radius 2 is 1.79 bits per heavy atom. The number of carboxylic acid groups (broad SMARTS) is 1. The van der Waals surface area contributed by atoms with Crippen molar-refractivity contribution >= 4 is 23.5 Å². The van der Waals surface area contributed by atoms with Gasteiger partial charge in [-0.15, -0.1) is 0 Å². The molecule has 126 valence electrons. The van der Waals surface area contributed by atoms with Crippen molar-refractivity contribution in [2.24, 2.45) is 0 Å². The van der Waals surface area contributed by atoms with Gasteiger partial charge in [0.2, 0.25) is 0 Å². The number of hydrogen-bond acceptors (Lipinski definition) is 3. The molecule has 0 spiro atoms. The molecule has 7 heteroatoms. The standard InChI is InChI=1S/C17H15ClFNO4/c1-17(2,16(22)23)20(15(21)11-6-4-3-5-7-11)24-12-8-9-14(19)13(18)10-12/h3-10H,1-2H3,(H,22,23). The fourth-order valence-corrected chi connectivity index (χ4v) is 2.00. The molecule has 0 aliphatic heterocycles. The number of benzene rings is 2. The van der Waals surface area contributed by atoms with Crippen LogP contribution in [0.1, 0.15) is 24.2 Å². The van der Waals surface area contributed by atoms with E-state index in [9.17, 15) is 19.1 Å². The predicted octanol–water partition coefficient (Wildman–Crippen LogP) is 3.78. The number of aliphatic carboxylic acids is 1. The van der Waals surface area contributed by atoms with Gasteiger partial charge in [0.15, 0.2) is 11.3 Å². The minimum atomic E-state index is -1.67. The molecule has 0 saturated heterocycles. The predicted molar refractivity (Wildman–Crippen MR) is 86.4 cm³/mol. The van der Waals surface area contributed by atoms with Gasteiger partial charge in [-0.1, -0.05) is 29.8 Å². The highest BCUT2D eigenvalue weighted by Gasteiger charge is 2.41. The third-order valence-electron chi connectivity index (χ3n) is 3.32. The summed E-state index contributed by atoms with van der Waals surface area (Å²) in [7, 11) is 0. The summed E-state index contributed by atoms with van der Waals surface area (Å²) in [5.41, 5.74) is -1.42. The number of nitrogens with zero attached hydrogens (tertiary/aromatic N) is 1. The Hall–Kier alpha value is -2.60. The van der Waals surface area contributed by atoms with Crippen molar-refractivity contribution < 1.29 is 23.9 Å². The molecule has 1 N–H and O–H groups in total. The second-order valence-corrected chi connectivity index (χ2v) is 5.90. The minimum absolute atomic E-state index is 0.0417. The van der Waals surface area contributed by atoms with Crippen LogP contribution in [0.4, 0.5) is 4.39 Å². The van der Waals surface area contributed by atoms with Gasteiger partial charge in [-0.2, -0.15) is 5.06 Å². The molecule has 1 amide bonds. The van der Waals surface area contributed by atoms with Crippen LogP contribution in [0, 0.1) is 5.82 Å². The average Bonchev–Trinajstić information content (AvgIpc) is 2.55. The zero-order chi connectivity index (χ0) is 17.9. The zero-order valence-electron chi connectivity index (χ0n) is 13.0. The molecule has 24 heavy (non-hydrogen) atoms. The van der Waals surface area contributed by atoms with Crippen molar-refractivity contribution in [3.05, 3.63) is 64.9 Å². The molecule has 0 aliphatic carbocycles. The largest absolute Gasteiger partial charge is 0.479 e. The maximum absolute atomic E-state index is 13.3. The lowest BCUT2D eigenvalue weighted by atomic mass is 10.0. The second kappa shape index (κ2) is 6.88. The number of amides is 1. The SMILES string of the molecule is CC(C)(C(=O)O)N(Oc1ccc(F)c(Cl)c1)C(=O)c1ccccc1. The smallest absolute Gasteiger partial charge is 0.332 e. The molecule has 0 atom stereocenters. The summed E-state index contributed by atoms with van der Waals surface area (Å²) >= 11 is 5.70. The monoisotopic (exact) mass is 351 g/mol. The first kappa shape index (κ1) is 17.7. The van der Waals surface area contributed by atoms with Crippen LogP contribution in [0.3, 0.4) is 0 Å². The van der Waals surface area contributed by atoms with E-state index in [1.54, 1.807) is 18.2 Å². The van der Waals surface area contributed by atoms with Crippen LogP contribution in [0.15, 0.2) is 48.5 Å². The lowest BCUT2D eigenvalue weighted by Gasteiger charge is -2.33. The average molecular weight is 352 g/mol. The van der Waals surface area contributed by atoms with Crippen LogP contribution < -0.4 is 4.84 Å². The van der Waals surface area contributed by atoms with Gasteiger partial charge in [0, 0.05) is 11.6 Å². The van der Waals surface area contributed by atoms with Gasteiger partial charge >= 0.3 is 5.97 Å². The summed E-state index contributed by atoms with van der Waals surface area (Å²) in [4.78, 5) is 29.7. The van der Waals surface area contributed by atoms with Gasteiger partial charge in [-0.3, -0.25) is 4.79 Å². The van der Waals surface area contributed by atoms with E-state index in [0.717, 1.165) is 11.1 Å². The van der Waals surface area contributed by atoms with Crippen molar-refractivity contribution in [2.75, 3.05) is 0 Å². The van der Waals surface area contributed by atoms with E-state index in [1.165, 1.54) is 38.1 Å². The van der Waals surface area contributed by atoms with Crippen LogP contribution in [0.25, 0.3) is 0 Å². The van der Waals surface area contributed by atoms with Crippen LogP contribution in [-0.4, -0.2) is 27.6 Å². The Kier molecular flexibility index (Phi) is 5.09. The lowest BCUT2D eigenvalue weighted by Crippen LogP contribution is -2.54. The fraction of sp³-hybridized carbons (Fsp3) is 0.176. The summed E-state index contributed by atoms with van der Waals surface area (Å²) < 4.78 is 13.3. The van der Waals surface area contributed by atoms with E-state index >= 15 is 0 Å². The van der Waals surface area contributed by atoms with E-state index < -0.39 is 23.2 Å². The fourth-order valence-electron chi connectivity index (χ4n) is 1.83. The van der Waals surface area contributed by atoms with Crippen molar-refractivity contribution in [3.63, 3.8) is 0 Å². The number of carbonyl (C=O) groups excluding carboxylic acids is 1. The number of carbonyl (C=O) groups is 2. The molecule has 2 aromatic carbocycles. The van der Waals surface area contributed by atoms with Crippen LogP contribution in [-0.2, 0) is 4.79 Å². The van der Waals surface area contributed by atoms with Gasteiger partial charge in [0.1, 0.15) is 5.82 Å². The summed E-state index contributed by atoms with van der Waals surface area (Å²) in [6.45, 7) is 2.64. The molecule has 0 heterocycles. The third kappa shape index (κ3) is 3.65. The van der Waals surface area contributed by atoms with Crippen LogP contribution in [0.5, 0.6) is 5.75 Å². The first-order valence-electron chi connectivity index (χ1n) is 6.99. The molecule has 0 aromatic heterocycles. The van der Waals surface area contributed by atoms with Crippen molar-refractivity contribution in [1.29, 1.82) is 0 Å². The van der Waals surface area contributed by atoms with E-state index in [0.29, 0.717) is 0 Å². The Bertz CT molecular complexity index is 764. The maximum atomic E-state index is 13.3.